The molecule has 0 aliphatic carbocycles. The van der Waals surface area contributed by atoms with Gasteiger partial charge in [-0.3, -0.25) is 0 Å². The Balaban J connectivity index is 2.53. The van der Waals surface area contributed by atoms with E-state index in [1.807, 2.05) is 13.0 Å². The summed E-state index contributed by atoms with van der Waals surface area (Å²) in [7, 11) is 0. The minimum atomic E-state index is -0.318. The molecule has 0 radical (unpaired) electrons. The van der Waals surface area contributed by atoms with Crippen LogP contribution in [0.3, 0.4) is 0 Å². The van der Waals surface area contributed by atoms with Crippen LogP contribution in [0.5, 0.6) is 0 Å². The average Bonchev–Trinajstić information content (AvgIpc) is 2.46. The Hall–Kier alpha value is -1.01. The van der Waals surface area contributed by atoms with Crippen LogP contribution in [-0.2, 0) is 6.42 Å². The maximum atomic E-state index is 13.7. The Morgan fingerprint density at radius 3 is 2.57 bits per heavy atom. The van der Waals surface area contributed by atoms with Crippen LogP contribution in [-0.4, -0.2) is 16.5 Å². The number of hydrogen-bond donors (Lipinski definition) is 1. The van der Waals surface area contributed by atoms with Crippen molar-refractivity contribution < 1.29 is 4.39 Å². The molecule has 2 aromatic rings. The van der Waals surface area contributed by atoms with Crippen LogP contribution in [0.15, 0.2) is 27.1 Å². The summed E-state index contributed by atoms with van der Waals surface area (Å²) < 4.78 is 15.0. The van der Waals surface area contributed by atoms with E-state index in [1.54, 1.807) is 6.07 Å². The Morgan fingerprint density at radius 2 is 1.95 bits per heavy atom. The van der Waals surface area contributed by atoms with E-state index >= 15 is 0 Å². The summed E-state index contributed by atoms with van der Waals surface area (Å²) in [6, 6.07) is 4.92. The molecule has 0 saturated heterocycles. The van der Waals surface area contributed by atoms with Gasteiger partial charge in [0.05, 0.1) is 14.6 Å². The van der Waals surface area contributed by atoms with Gasteiger partial charge in [-0.1, -0.05) is 13.3 Å². The lowest BCUT2D eigenvalue weighted by atomic mass is 10.2. The zero-order valence-corrected chi connectivity index (χ0v) is 15.1. The van der Waals surface area contributed by atoms with Gasteiger partial charge in [0.2, 0.25) is 0 Å². The van der Waals surface area contributed by atoms with Gasteiger partial charge >= 0.3 is 0 Å². The molecular weight excluding hydrogens is 401 g/mol. The molecule has 1 heterocycles. The van der Waals surface area contributed by atoms with E-state index in [0.717, 1.165) is 35.4 Å². The van der Waals surface area contributed by atoms with E-state index in [4.69, 9.17) is 0 Å². The third kappa shape index (κ3) is 3.80. The first-order valence-corrected chi connectivity index (χ1v) is 8.41. The molecule has 0 aliphatic heterocycles. The fourth-order valence-electron chi connectivity index (χ4n) is 1.94. The maximum absolute atomic E-state index is 13.7. The van der Waals surface area contributed by atoms with Crippen LogP contribution in [0, 0.1) is 5.82 Å². The van der Waals surface area contributed by atoms with Crippen molar-refractivity contribution in [1.29, 1.82) is 0 Å². The zero-order chi connectivity index (χ0) is 15.4. The molecule has 6 heteroatoms. The summed E-state index contributed by atoms with van der Waals surface area (Å²) in [5.74, 6) is 0.958. The molecule has 0 aliphatic rings. The smallest absolute Gasteiger partial charge is 0.161 e. The van der Waals surface area contributed by atoms with Crippen LogP contribution < -0.4 is 5.32 Å². The largest absolute Gasteiger partial charge is 0.369 e. The van der Waals surface area contributed by atoms with Gasteiger partial charge in [-0.05, 0) is 63.4 Å². The van der Waals surface area contributed by atoms with E-state index in [-0.39, 0.29) is 5.82 Å². The quantitative estimate of drug-likeness (QED) is 0.728. The van der Waals surface area contributed by atoms with Crippen LogP contribution in [0.1, 0.15) is 26.0 Å². The predicted molar refractivity (Wildman–Crippen MR) is 91.0 cm³/mol. The second-order valence-electron chi connectivity index (χ2n) is 4.57. The molecule has 0 bridgehead atoms. The molecule has 1 aromatic carbocycles. The molecule has 0 saturated carbocycles. The van der Waals surface area contributed by atoms with Gasteiger partial charge in [-0.2, -0.15) is 0 Å². The number of rotatable bonds is 5. The highest BCUT2D eigenvalue weighted by Crippen LogP contribution is 2.29. The van der Waals surface area contributed by atoms with Gasteiger partial charge in [-0.25, -0.2) is 14.4 Å². The first-order valence-electron chi connectivity index (χ1n) is 6.82. The van der Waals surface area contributed by atoms with Gasteiger partial charge in [0.15, 0.2) is 5.82 Å². The number of aryl methyl sites for hydroxylation is 1. The number of benzene rings is 1. The lowest BCUT2D eigenvalue weighted by Crippen LogP contribution is -2.06. The Bertz CT molecular complexity index is 620. The Morgan fingerprint density at radius 1 is 1.19 bits per heavy atom. The van der Waals surface area contributed by atoms with Crippen molar-refractivity contribution in [3.63, 3.8) is 0 Å². The van der Waals surface area contributed by atoms with Crippen molar-refractivity contribution in [3.8, 4) is 11.4 Å². The molecule has 0 spiro atoms. The molecule has 21 heavy (non-hydrogen) atoms. The molecule has 0 fully saturated rings. The molecule has 112 valence electrons. The topological polar surface area (TPSA) is 37.8 Å². The molecule has 3 nitrogen and oxygen atoms in total. The highest BCUT2D eigenvalue weighted by atomic mass is 79.9. The number of anilines is 1. The summed E-state index contributed by atoms with van der Waals surface area (Å²) in [6.45, 7) is 4.86. The summed E-state index contributed by atoms with van der Waals surface area (Å²) >= 11 is 6.70. The van der Waals surface area contributed by atoms with E-state index in [9.17, 15) is 4.39 Å². The normalized spacial score (nSPS) is 10.7. The molecule has 0 amide bonds. The molecular formula is C15H16Br2FN3. The second kappa shape index (κ2) is 7.31. The van der Waals surface area contributed by atoms with Gasteiger partial charge in [-0.15, -0.1) is 0 Å². The number of nitrogens with zero attached hydrogens (tertiary/aromatic N) is 2. The van der Waals surface area contributed by atoms with E-state index in [0.29, 0.717) is 15.9 Å². The van der Waals surface area contributed by atoms with Crippen LogP contribution >= 0.6 is 31.9 Å². The van der Waals surface area contributed by atoms with Gasteiger partial charge in [0.25, 0.3) is 0 Å². The Kier molecular flexibility index (Phi) is 5.70. The first kappa shape index (κ1) is 16.4. The molecule has 0 unspecified atom stereocenters. The van der Waals surface area contributed by atoms with Crippen LogP contribution in [0.25, 0.3) is 11.4 Å². The standard InChI is InChI=1S/C15H16Br2FN3/c1-3-5-12-13(17)15(19-4-2)21-14(20-12)9-6-7-10(16)11(18)8-9/h6-8H,3-5H2,1-2H3,(H,19,20,21). The third-order valence-electron chi connectivity index (χ3n) is 2.93. The number of hydrogen-bond acceptors (Lipinski definition) is 3. The predicted octanol–water partition coefficient (Wildman–Crippen LogP) is 5.19. The van der Waals surface area contributed by atoms with Crippen molar-refractivity contribution in [3.05, 3.63) is 38.7 Å². The fraction of sp³-hybridized carbons (Fsp3) is 0.333. The number of aromatic nitrogens is 2. The fourth-order valence-corrected chi connectivity index (χ4v) is 2.71. The van der Waals surface area contributed by atoms with Crippen molar-refractivity contribution in [1.82, 2.24) is 9.97 Å². The maximum Gasteiger partial charge on any atom is 0.161 e. The van der Waals surface area contributed by atoms with E-state index < -0.39 is 0 Å². The Labute approximate surface area is 140 Å². The summed E-state index contributed by atoms with van der Waals surface area (Å²) in [5, 5.41) is 3.21. The second-order valence-corrected chi connectivity index (χ2v) is 6.21. The third-order valence-corrected chi connectivity index (χ3v) is 4.41. The highest BCUT2D eigenvalue weighted by Gasteiger charge is 2.13. The SMILES string of the molecule is CCCc1nc(-c2ccc(Br)c(F)c2)nc(NCC)c1Br. The van der Waals surface area contributed by atoms with Gasteiger partial charge < -0.3 is 5.32 Å². The number of halogens is 3. The molecule has 1 aromatic heterocycles. The molecule has 2 rings (SSSR count). The van der Waals surface area contributed by atoms with Gasteiger partial charge in [0, 0.05) is 12.1 Å². The lowest BCUT2D eigenvalue weighted by Gasteiger charge is -2.12. The highest BCUT2D eigenvalue weighted by molar-refractivity contribution is 9.11. The summed E-state index contributed by atoms with van der Waals surface area (Å²) in [5.41, 5.74) is 1.60. The summed E-state index contributed by atoms with van der Waals surface area (Å²) in [4.78, 5) is 9.06. The van der Waals surface area contributed by atoms with Crippen molar-refractivity contribution in [2.24, 2.45) is 0 Å². The minimum Gasteiger partial charge on any atom is -0.369 e. The first-order chi connectivity index (χ1) is 10.1. The van der Waals surface area contributed by atoms with Crippen LogP contribution in [0.4, 0.5) is 10.2 Å². The van der Waals surface area contributed by atoms with Gasteiger partial charge in [0.1, 0.15) is 11.6 Å². The zero-order valence-electron chi connectivity index (χ0n) is 11.9. The van der Waals surface area contributed by atoms with Crippen molar-refractivity contribution >= 4 is 37.7 Å². The molecule has 1 N–H and O–H groups in total. The van der Waals surface area contributed by atoms with Crippen molar-refractivity contribution in [2.45, 2.75) is 26.7 Å². The van der Waals surface area contributed by atoms with Crippen LogP contribution in [0.2, 0.25) is 0 Å². The lowest BCUT2D eigenvalue weighted by molar-refractivity contribution is 0.621. The monoisotopic (exact) mass is 415 g/mol. The molecule has 0 atom stereocenters. The average molecular weight is 417 g/mol. The van der Waals surface area contributed by atoms with E-state index in [1.165, 1.54) is 6.07 Å². The number of nitrogens with one attached hydrogen (secondary N) is 1. The van der Waals surface area contributed by atoms with E-state index in [2.05, 4.69) is 54.1 Å². The van der Waals surface area contributed by atoms with Crippen molar-refractivity contribution in [2.75, 3.05) is 11.9 Å². The summed E-state index contributed by atoms with van der Waals surface area (Å²) in [6.07, 6.45) is 1.82. The minimum absolute atomic E-state index is 0.318.